The molecule has 5 nitrogen and oxygen atoms in total. The van der Waals surface area contributed by atoms with Gasteiger partial charge in [-0.3, -0.25) is 5.41 Å². The predicted octanol–water partition coefficient (Wildman–Crippen LogP) is 3.31. The van der Waals surface area contributed by atoms with E-state index in [1.54, 1.807) is 0 Å². The van der Waals surface area contributed by atoms with Crippen molar-refractivity contribution in [2.24, 2.45) is 0 Å². The fourth-order valence-electron chi connectivity index (χ4n) is 3.55. The van der Waals surface area contributed by atoms with Crippen molar-refractivity contribution in [1.29, 1.82) is 5.41 Å². The van der Waals surface area contributed by atoms with Gasteiger partial charge >= 0.3 is 0 Å². The summed E-state index contributed by atoms with van der Waals surface area (Å²) in [4.78, 5) is 2.36. The second-order valence-corrected chi connectivity index (χ2v) is 7.03. The lowest BCUT2D eigenvalue weighted by molar-refractivity contribution is 0.155. The third-order valence-electron chi connectivity index (χ3n) is 5.33. The minimum absolute atomic E-state index is 0.376. The van der Waals surface area contributed by atoms with Gasteiger partial charge in [-0.15, -0.1) is 0 Å². The van der Waals surface area contributed by atoms with Crippen molar-refractivity contribution >= 4 is 11.0 Å². The molecule has 0 fully saturated rings. The van der Waals surface area contributed by atoms with Crippen LogP contribution in [0, 0.1) is 12.3 Å². The molecule has 0 saturated heterocycles. The highest BCUT2D eigenvalue weighted by Gasteiger charge is 2.15. The number of hydrogen-bond acceptors (Lipinski definition) is 3. The van der Waals surface area contributed by atoms with Gasteiger partial charge in [0, 0.05) is 13.1 Å². The van der Waals surface area contributed by atoms with E-state index in [9.17, 15) is 5.11 Å². The number of aromatic nitrogens is 2. The van der Waals surface area contributed by atoms with Crippen molar-refractivity contribution in [3.63, 3.8) is 0 Å². The first-order valence-electron chi connectivity index (χ1n) is 9.74. The molecule has 1 aromatic heterocycles. The molecular weight excluding hydrogens is 336 g/mol. The molecule has 0 radical (unpaired) electrons. The summed E-state index contributed by atoms with van der Waals surface area (Å²) in [6, 6.07) is 16.0. The van der Waals surface area contributed by atoms with Gasteiger partial charge in [-0.25, -0.2) is 0 Å². The molecule has 27 heavy (non-hydrogen) atoms. The molecule has 3 rings (SSSR count). The Morgan fingerprint density at radius 3 is 2.15 bits per heavy atom. The zero-order valence-electron chi connectivity index (χ0n) is 16.5. The van der Waals surface area contributed by atoms with Crippen LogP contribution in [0.2, 0.25) is 0 Å². The highest BCUT2D eigenvalue weighted by atomic mass is 16.3. The van der Waals surface area contributed by atoms with E-state index in [4.69, 9.17) is 5.41 Å². The monoisotopic (exact) mass is 366 g/mol. The number of nitrogens with one attached hydrogen (secondary N) is 1. The lowest BCUT2D eigenvalue weighted by Crippen LogP contribution is -2.32. The van der Waals surface area contributed by atoms with E-state index in [1.165, 1.54) is 5.56 Å². The Kier molecular flexibility index (Phi) is 6.14. The minimum Gasteiger partial charge on any atom is -0.387 e. The van der Waals surface area contributed by atoms with Gasteiger partial charge in [0.05, 0.1) is 23.7 Å². The summed E-state index contributed by atoms with van der Waals surface area (Å²) in [6.07, 6.45) is -0.637. The first kappa shape index (κ1) is 19.4. The molecule has 0 bridgehead atoms. The maximum Gasteiger partial charge on any atom is 0.203 e. The summed E-state index contributed by atoms with van der Waals surface area (Å²) >= 11 is 0. The average molecular weight is 367 g/mol. The predicted molar refractivity (Wildman–Crippen MR) is 110 cm³/mol. The minimum atomic E-state index is -0.637. The summed E-state index contributed by atoms with van der Waals surface area (Å²) in [6.45, 7) is 10.4. The van der Waals surface area contributed by atoms with Crippen LogP contribution in [0.1, 0.15) is 31.1 Å². The molecule has 5 heteroatoms. The number of hydrogen-bond donors (Lipinski definition) is 2. The van der Waals surface area contributed by atoms with Crippen molar-refractivity contribution in [2.75, 3.05) is 19.6 Å². The van der Waals surface area contributed by atoms with Crippen molar-refractivity contribution < 1.29 is 5.11 Å². The second kappa shape index (κ2) is 8.55. The quantitative estimate of drug-likeness (QED) is 0.643. The molecule has 144 valence electrons. The molecular formula is C22H30N4O. The van der Waals surface area contributed by atoms with Crippen LogP contribution in [0.3, 0.4) is 0 Å². The third kappa shape index (κ3) is 4.15. The SMILES string of the molecule is CCN(CC)CCn1c(=N)n(C[C@@H](O)c2ccc(C)cc2)c2ccccc21. The third-order valence-corrected chi connectivity index (χ3v) is 5.33. The lowest BCUT2D eigenvalue weighted by Gasteiger charge is -2.18. The fraction of sp³-hybridized carbons (Fsp3) is 0.409. The van der Waals surface area contributed by atoms with Crippen LogP contribution >= 0.6 is 0 Å². The first-order valence-corrected chi connectivity index (χ1v) is 9.74. The Bertz CT molecular complexity index is 935. The van der Waals surface area contributed by atoms with E-state index in [0.29, 0.717) is 12.2 Å². The van der Waals surface area contributed by atoms with Crippen LogP contribution in [-0.4, -0.2) is 38.8 Å². The first-order chi connectivity index (χ1) is 13.0. The van der Waals surface area contributed by atoms with Gasteiger partial charge < -0.3 is 19.1 Å². The van der Waals surface area contributed by atoms with Gasteiger partial charge in [0.1, 0.15) is 0 Å². The topological polar surface area (TPSA) is 57.2 Å². The van der Waals surface area contributed by atoms with Crippen LogP contribution in [0.25, 0.3) is 11.0 Å². The highest BCUT2D eigenvalue weighted by Crippen LogP contribution is 2.19. The number of imidazole rings is 1. The van der Waals surface area contributed by atoms with E-state index >= 15 is 0 Å². The van der Waals surface area contributed by atoms with Crippen molar-refractivity contribution in [1.82, 2.24) is 14.0 Å². The van der Waals surface area contributed by atoms with Crippen LogP contribution in [0.5, 0.6) is 0 Å². The van der Waals surface area contributed by atoms with Crippen LogP contribution in [0.4, 0.5) is 0 Å². The molecule has 2 aromatic carbocycles. The maximum absolute atomic E-state index is 10.7. The molecule has 3 aromatic rings. The number of benzene rings is 2. The van der Waals surface area contributed by atoms with Gasteiger partial charge in [0.25, 0.3) is 0 Å². The number of likely N-dealkylation sites (N-methyl/N-ethyl adjacent to an activating group) is 1. The highest BCUT2D eigenvalue weighted by molar-refractivity contribution is 5.75. The van der Waals surface area contributed by atoms with Crippen LogP contribution in [0.15, 0.2) is 48.5 Å². The Morgan fingerprint density at radius 1 is 0.963 bits per heavy atom. The Labute approximate surface area is 161 Å². The molecule has 0 amide bonds. The number of rotatable bonds is 8. The van der Waals surface area contributed by atoms with Gasteiger partial charge in [-0.05, 0) is 37.7 Å². The number of nitrogens with zero attached hydrogens (tertiary/aromatic N) is 3. The van der Waals surface area contributed by atoms with Crippen molar-refractivity contribution in [3.05, 3.63) is 65.3 Å². The number of para-hydroxylation sites is 2. The smallest absolute Gasteiger partial charge is 0.203 e. The van der Waals surface area contributed by atoms with E-state index < -0.39 is 6.10 Å². The Balaban J connectivity index is 1.92. The standard InChI is InChI=1S/C22H30N4O/c1-4-24(5-2)14-15-25-19-8-6-7-9-20(19)26(22(25)23)16-21(27)18-12-10-17(3)11-13-18/h6-13,21,23,27H,4-5,14-16H2,1-3H3/t21-/m1/s1. The molecule has 0 spiro atoms. The van der Waals surface area contributed by atoms with Gasteiger partial charge in [0.15, 0.2) is 0 Å². The van der Waals surface area contributed by atoms with E-state index in [0.717, 1.165) is 42.8 Å². The van der Waals surface area contributed by atoms with E-state index in [2.05, 4.69) is 29.4 Å². The molecule has 0 aliphatic heterocycles. The molecule has 0 aliphatic rings. The number of aliphatic hydroxyl groups excluding tert-OH is 1. The molecule has 1 heterocycles. The lowest BCUT2D eigenvalue weighted by atomic mass is 10.1. The number of fused-ring (bicyclic) bond motifs is 1. The zero-order chi connectivity index (χ0) is 19.4. The second-order valence-electron chi connectivity index (χ2n) is 7.03. The molecule has 0 aliphatic carbocycles. The zero-order valence-corrected chi connectivity index (χ0v) is 16.5. The van der Waals surface area contributed by atoms with E-state index in [1.807, 2.05) is 54.0 Å². The number of aliphatic hydroxyl groups is 1. The summed E-state index contributed by atoms with van der Waals surface area (Å²) in [5.41, 5.74) is 4.54. The van der Waals surface area contributed by atoms with Gasteiger partial charge in [-0.2, -0.15) is 0 Å². The summed E-state index contributed by atoms with van der Waals surface area (Å²) in [5, 5.41) is 19.5. The van der Waals surface area contributed by atoms with Gasteiger partial charge in [0.2, 0.25) is 5.62 Å². The normalized spacial score (nSPS) is 12.8. The molecule has 1 atom stereocenters. The van der Waals surface area contributed by atoms with Crippen molar-refractivity contribution in [2.45, 2.75) is 40.0 Å². The Morgan fingerprint density at radius 2 is 1.56 bits per heavy atom. The largest absolute Gasteiger partial charge is 0.387 e. The Hall–Kier alpha value is -2.37. The summed E-state index contributed by atoms with van der Waals surface area (Å²) in [5.74, 6) is 0. The molecule has 0 saturated carbocycles. The maximum atomic E-state index is 10.7. The van der Waals surface area contributed by atoms with Crippen LogP contribution < -0.4 is 5.62 Å². The number of aryl methyl sites for hydroxylation is 1. The fourth-order valence-corrected chi connectivity index (χ4v) is 3.55. The van der Waals surface area contributed by atoms with Gasteiger partial charge in [-0.1, -0.05) is 55.8 Å². The summed E-state index contributed by atoms with van der Waals surface area (Å²) < 4.78 is 3.97. The van der Waals surface area contributed by atoms with E-state index in [-0.39, 0.29) is 0 Å². The summed E-state index contributed by atoms with van der Waals surface area (Å²) in [7, 11) is 0. The molecule has 2 N–H and O–H groups in total. The van der Waals surface area contributed by atoms with Crippen LogP contribution in [-0.2, 0) is 13.1 Å². The molecule has 0 unspecified atom stereocenters. The average Bonchev–Trinajstić information content (AvgIpc) is 2.95. The van der Waals surface area contributed by atoms with Crippen molar-refractivity contribution in [3.8, 4) is 0 Å².